The minimum absolute atomic E-state index is 0.830. The molecule has 2 heterocycles. The van der Waals surface area contributed by atoms with Gasteiger partial charge < -0.3 is 0 Å². The monoisotopic (exact) mass is 188 g/mol. The van der Waals surface area contributed by atoms with Crippen LogP contribution in [0.25, 0.3) is 21.1 Å². The fourth-order valence-electron chi connectivity index (χ4n) is 1.29. The number of hydrogen-bond acceptors (Lipinski definition) is 5. The third-order valence-corrected chi connectivity index (χ3v) is 2.74. The van der Waals surface area contributed by atoms with Gasteiger partial charge in [-0.3, -0.25) is 0 Å². The van der Waals surface area contributed by atoms with Crippen LogP contribution in [0.2, 0.25) is 0 Å². The molecule has 0 radical (unpaired) electrons. The zero-order valence-electron chi connectivity index (χ0n) is 6.51. The van der Waals surface area contributed by atoms with Gasteiger partial charge in [-0.2, -0.15) is 0 Å². The van der Waals surface area contributed by atoms with Crippen molar-refractivity contribution in [2.45, 2.75) is 0 Å². The molecule has 0 fully saturated rings. The first kappa shape index (κ1) is 6.85. The minimum Gasteiger partial charge on any atom is -0.201 e. The Morgan fingerprint density at radius 1 is 1.08 bits per heavy atom. The van der Waals surface area contributed by atoms with Crippen molar-refractivity contribution in [3.63, 3.8) is 0 Å². The zero-order valence-corrected chi connectivity index (χ0v) is 7.32. The summed E-state index contributed by atoms with van der Waals surface area (Å²) in [5.41, 5.74) is 1.67. The second-order valence-corrected chi connectivity index (χ2v) is 3.46. The normalized spacial score (nSPS) is 11.1. The van der Waals surface area contributed by atoms with Crippen molar-refractivity contribution in [2.24, 2.45) is 0 Å². The molecule has 4 nitrogen and oxygen atoms in total. The standard InChI is InChI=1S/C8H4N4S/c1-2-6-7(11-12-10-6)8-5(1)3-4-9-13-8/h1-4H. The van der Waals surface area contributed by atoms with E-state index in [-0.39, 0.29) is 0 Å². The molecule has 0 aliphatic carbocycles. The topological polar surface area (TPSA) is 51.6 Å². The summed E-state index contributed by atoms with van der Waals surface area (Å²) < 4.78 is 5.14. The minimum atomic E-state index is 0.830. The molecule has 2 aromatic heterocycles. The van der Waals surface area contributed by atoms with E-state index in [1.54, 1.807) is 6.20 Å². The Balaban J connectivity index is 2.65. The Hall–Kier alpha value is -1.62. The van der Waals surface area contributed by atoms with Crippen molar-refractivity contribution >= 4 is 32.7 Å². The van der Waals surface area contributed by atoms with Crippen molar-refractivity contribution in [3.8, 4) is 0 Å². The van der Waals surface area contributed by atoms with Gasteiger partial charge in [-0.05, 0) is 34.3 Å². The van der Waals surface area contributed by atoms with Crippen LogP contribution >= 0.6 is 11.5 Å². The Labute approximate surface area is 77.4 Å². The van der Waals surface area contributed by atoms with Crippen molar-refractivity contribution in [2.75, 3.05) is 0 Å². The first-order valence-corrected chi connectivity index (χ1v) is 4.55. The smallest absolute Gasteiger partial charge is 0.134 e. The molecule has 62 valence electrons. The van der Waals surface area contributed by atoms with Crippen LogP contribution in [0.4, 0.5) is 0 Å². The molecule has 1 aromatic carbocycles. The quantitative estimate of drug-likeness (QED) is 0.538. The summed E-state index contributed by atoms with van der Waals surface area (Å²) in [4.78, 5) is 0. The zero-order chi connectivity index (χ0) is 8.67. The molecular formula is C8H4N4S. The van der Waals surface area contributed by atoms with Gasteiger partial charge in [-0.15, -0.1) is 10.2 Å². The van der Waals surface area contributed by atoms with E-state index in [1.165, 1.54) is 11.5 Å². The largest absolute Gasteiger partial charge is 0.201 e. The molecule has 0 spiro atoms. The van der Waals surface area contributed by atoms with Gasteiger partial charge in [-0.1, -0.05) is 6.07 Å². The maximum absolute atomic E-state index is 4.09. The average molecular weight is 188 g/mol. The molecular weight excluding hydrogens is 184 g/mol. The average Bonchev–Trinajstić information content (AvgIpc) is 2.65. The Kier molecular flexibility index (Phi) is 1.28. The summed E-state index contributed by atoms with van der Waals surface area (Å²) in [6.07, 6.45) is 1.78. The molecule has 0 aliphatic heterocycles. The van der Waals surface area contributed by atoms with Crippen LogP contribution in [0.5, 0.6) is 0 Å². The van der Waals surface area contributed by atoms with Gasteiger partial charge in [0.05, 0.1) is 4.70 Å². The molecule has 0 aliphatic rings. The fraction of sp³-hybridized carbons (Fsp3) is 0. The van der Waals surface area contributed by atoms with Gasteiger partial charge in [0.15, 0.2) is 0 Å². The lowest BCUT2D eigenvalue weighted by Crippen LogP contribution is -1.74. The lowest BCUT2D eigenvalue weighted by molar-refractivity contribution is 0.960. The van der Waals surface area contributed by atoms with E-state index in [4.69, 9.17) is 0 Å². The van der Waals surface area contributed by atoms with Gasteiger partial charge in [0.2, 0.25) is 0 Å². The van der Waals surface area contributed by atoms with Crippen molar-refractivity contribution < 1.29 is 0 Å². The number of hydrogen-bond donors (Lipinski definition) is 0. The van der Waals surface area contributed by atoms with Crippen molar-refractivity contribution in [1.29, 1.82) is 0 Å². The Bertz CT molecular complexity index is 574. The second kappa shape index (κ2) is 2.43. The number of fused-ring (bicyclic) bond motifs is 3. The summed E-state index contributed by atoms with van der Waals surface area (Å²) in [6, 6.07) is 5.89. The van der Waals surface area contributed by atoms with Gasteiger partial charge in [0.1, 0.15) is 11.0 Å². The van der Waals surface area contributed by atoms with Crippen LogP contribution in [-0.2, 0) is 0 Å². The molecule has 0 unspecified atom stereocenters. The number of aromatic nitrogens is 4. The van der Waals surface area contributed by atoms with E-state index in [9.17, 15) is 0 Å². The molecule has 0 amide bonds. The highest BCUT2D eigenvalue weighted by atomic mass is 32.1. The van der Waals surface area contributed by atoms with E-state index in [0.29, 0.717) is 0 Å². The highest BCUT2D eigenvalue weighted by Gasteiger charge is 2.04. The molecule has 0 N–H and O–H groups in total. The second-order valence-electron chi connectivity index (χ2n) is 2.65. The van der Waals surface area contributed by atoms with Crippen LogP contribution in [0.3, 0.4) is 0 Å². The molecule has 3 aromatic rings. The molecule has 13 heavy (non-hydrogen) atoms. The molecule has 0 atom stereocenters. The van der Waals surface area contributed by atoms with Gasteiger partial charge in [0, 0.05) is 6.20 Å². The Morgan fingerprint density at radius 3 is 3.08 bits per heavy atom. The lowest BCUT2D eigenvalue weighted by Gasteiger charge is -1.93. The van der Waals surface area contributed by atoms with E-state index < -0.39 is 0 Å². The summed E-state index contributed by atoms with van der Waals surface area (Å²) in [6.45, 7) is 0. The molecule has 5 heteroatoms. The SMILES string of the molecule is c1cc2ccc3nnnc3c2sn1. The summed E-state index contributed by atoms with van der Waals surface area (Å²) >= 11 is 1.42. The number of nitrogens with zero attached hydrogens (tertiary/aromatic N) is 4. The number of rotatable bonds is 0. The lowest BCUT2D eigenvalue weighted by atomic mass is 10.2. The maximum atomic E-state index is 4.09. The van der Waals surface area contributed by atoms with Gasteiger partial charge in [0.25, 0.3) is 0 Å². The van der Waals surface area contributed by atoms with E-state index >= 15 is 0 Å². The first-order valence-electron chi connectivity index (χ1n) is 3.77. The van der Waals surface area contributed by atoms with E-state index in [1.807, 2.05) is 18.2 Å². The van der Waals surface area contributed by atoms with Crippen molar-refractivity contribution in [3.05, 3.63) is 24.4 Å². The first-order chi connectivity index (χ1) is 6.45. The van der Waals surface area contributed by atoms with Crippen LogP contribution in [-0.4, -0.2) is 19.8 Å². The van der Waals surface area contributed by atoms with Crippen LogP contribution in [0.1, 0.15) is 0 Å². The molecule has 3 rings (SSSR count). The third-order valence-electron chi connectivity index (χ3n) is 1.90. The number of benzene rings is 1. The van der Waals surface area contributed by atoms with Crippen LogP contribution in [0, 0.1) is 0 Å². The molecule has 0 saturated carbocycles. The van der Waals surface area contributed by atoms with Gasteiger partial charge in [-0.25, -0.2) is 4.37 Å². The molecule has 0 saturated heterocycles. The predicted molar refractivity (Wildman–Crippen MR) is 50.5 cm³/mol. The highest BCUT2D eigenvalue weighted by Crippen LogP contribution is 2.23. The summed E-state index contributed by atoms with van der Waals surface area (Å²) in [7, 11) is 0. The third kappa shape index (κ3) is 0.905. The highest BCUT2D eigenvalue weighted by molar-refractivity contribution is 7.13. The van der Waals surface area contributed by atoms with E-state index in [0.717, 1.165) is 21.1 Å². The summed E-state index contributed by atoms with van der Waals surface area (Å²) in [5, 5.41) is 12.6. The van der Waals surface area contributed by atoms with Crippen LogP contribution < -0.4 is 0 Å². The summed E-state index contributed by atoms with van der Waals surface area (Å²) in [5.74, 6) is 0. The van der Waals surface area contributed by atoms with Gasteiger partial charge >= 0.3 is 0 Å². The Morgan fingerprint density at radius 2 is 2.08 bits per heavy atom. The van der Waals surface area contributed by atoms with E-state index in [2.05, 4.69) is 19.8 Å². The van der Waals surface area contributed by atoms with Crippen LogP contribution in [0.15, 0.2) is 24.4 Å². The predicted octanol–water partition coefficient (Wildman–Crippen LogP) is 1.63. The fourth-order valence-corrected chi connectivity index (χ4v) is 1.99. The molecule has 0 bridgehead atoms. The van der Waals surface area contributed by atoms with Crippen molar-refractivity contribution in [1.82, 2.24) is 19.8 Å². The maximum Gasteiger partial charge on any atom is 0.134 e.